The van der Waals surface area contributed by atoms with Crippen molar-refractivity contribution in [2.75, 3.05) is 13.1 Å². The number of aromatic amines is 1. The van der Waals surface area contributed by atoms with Gasteiger partial charge in [-0.05, 0) is 73.8 Å². The Kier molecular flexibility index (Phi) is 10.2. The lowest BCUT2D eigenvalue weighted by atomic mass is 9.77. The third-order valence-electron chi connectivity index (χ3n) is 9.12. The maximum atomic E-state index is 13.8. The van der Waals surface area contributed by atoms with Crippen LogP contribution in [0.25, 0.3) is 10.9 Å². The molecule has 2 aliphatic rings. The molecule has 0 radical (unpaired) electrons. The van der Waals surface area contributed by atoms with Crippen molar-refractivity contribution < 1.29 is 24.3 Å². The van der Waals surface area contributed by atoms with Crippen molar-refractivity contribution in [2.24, 2.45) is 5.41 Å². The molecule has 5 rings (SSSR count). The molecular formula is C33H38Cl2N4O5. The van der Waals surface area contributed by atoms with Crippen LogP contribution < -0.4 is 10.6 Å². The standard InChI is InChI=1S/C33H38Cl2N4O5/c34-23-15-21(16-24(35)18-23)31(43)38-28(32(44)39-13-11-33(12-14-39)9-3-4-10-33)7-8-29(40)37-25(19-30(41)42)17-22-20-36-27-6-2-1-5-26(22)27/h1-2,5-6,15-16,18,20,25,28,36H,3-4,7-14,17,19H2,(H,37,40)(H,38,43)(H,41,42)/t25?,28-/m1/s1. The number of aliphatic carboxylic acids is 1. The monoisotopic (exact) mass is 640 g/mol. The van der Waals surface area contributed by atoms with Crippen molar-refractivity contribution in [1.82, 2.24) is 20.5 Å². The maximum absolute atomic E-state index is 13.8. The summed E-state index contributed by atoms with van der Waals surface area (Å²) in [6.07, 6.45) is 8.60. The highest BCUT2D eigenvalue weighted by molar-refractivity contribution is 6.35. The van der Waals surface area contributed by atoms with Gasteiger partial charge in [0, 0.05) is 58.3 Å². The Hall–Kier alpha value is -3.56. The van der Waals surface area contributed by atoms with Gasteiger partial charge in [0.1, 0.15) is 6.04 Å². The number of hydrogen-bond acceptors (Lipinski definition) is 4. The molecule has 3 aromatic rings. The molecule has 1 saturated heterocycles. The lowest BCUT2D eigenvalue weighted by Gasteiger charge is -2.40. The van der Waals surface area contributed by atoms with E-state index in [4.69, 9.17) is 23.2 Å². The third-order valence-corrected chi connectivity index (χ3v) is 9.55. The van der Waals surface area contributed by atoms with Crippen LogP contribution in [0.15, 0.2) is 48.7 Å². The van der Waals surface area contributed by atoms with Gasteiger partial charge in [-0.2, -0.15) is 0 Å². The van der Waals surface area contributed by atoms with E-state index in [0.717, 1.165) is 29.3 Å². The fourth-order valence-electron chi connectivity index (χ4n) is 6.76. The van der Waals surface area contributed by atoms with Gasteiger partial charge in [-0.3, -0.25) is 19.2 Å². The minimum Gasteiger partial charge on any atom is -0.481 e. The second kappa shape index (κ2) is 14.0. The lowest BCUT2D eigenvalue weighted by Crippen LogP contribution is -2.52. The molecule has 11 heteroatoms. The number of rotatable bonds is 11. The summed E-state index contributed by atoms with van der Waals surface area (Å²) in [4.78, 5) is 56.7. The van der Waals surface area contributed by atoms with E-state index in [1.165, 1.54) is 43.9 Å². The van der Waals surface area contributed by atoms with Crippen molar-refractivity contribution in [3.05, 3.63) is 69.8 Å². The van der Waals surface area contributed by atoms with E-state index in [-0.39, 0.29) is 30.7 Å². The highest BCUT2D eigenvalue weighted by atomic mass is 35.5. The largest absolute Gasteiger partial charge is 0.481 e. The van der Waals surface area contributed by atoms with E-state index in [2.05, 4.69) is 15.6 Å². The Morgan fingerprint density at radius 3 is 2.32 bits per heavy atom. The summed E-state index contributed by atoms with van der Waals surface area (Å²) in [5, 5.41) is 16.7. The van der Waals surface area contributed by atoms with Crippen molar-refractivity contribution in [1.29, 1.82) is 0 Å². The fourth-order valence-corrected chi connectivity index (χ4v) is 7.28. The summed E-state index contributed by atoms with van der Waals surface area (Å²) in [6, 6.07) is 10.6. The number of nitrogens with one attached hydrogen (secondary N) is 3. The molecule has 1 aliphatic heterocycles. The first kappa shape index (κ1) is 31.9. The Bertz CT molecular complexity index is 1500. The number of hydrogen-bond donors (Lipinski definition) is 4. The molecule has 2 aromatic carbocycles. The Labute approximate surface area is 266 Å². The number of likely N-dealkylation sites (tertiary alicyclic amines) is 1. The number of halogens is 2. The molecule has 234 valence electrons. The number of carboxylic acid groups (broad SMARTS) is 1. The van der Waals surface area contributed by atoms with Crippen LogP contribution in [0, 0.1) is 5.41 Å². The Morgan fingerprint density at radius 2 is 1.64 bits per heavy atom. The molecule has 1 spiro atoms. The van der Waals surface area contributed by atoms with E-state index in [0.29, 0.717) is 35.0 Å². The van der Waals surface area contributed by atoms with Crippen molar-refractivity contribution in [3.63, 3.8) is 0 Å². The molecule has 2 atom stereocenters. The zero-order chi connectivity index (χ0) is 31.3. The number of para-hydroxylation sites is 1. The topological polar surface area (TPSA) is 132 Å². The van der Waals surface area contributed by atoms with Gasteiger partial charge in [0.15, 0.2) is 0 Å². The van der Waals surface area contributed by atoms with Crippen molar-refractivity contribution >= 4 is 57.8 Å². The van der Waals surface area contributed by atoms with Gasteiger partial charge >= 0.3 is 5.97 Å². The molecule has 2 heterocycles. The average Bonchev–Trinajstić information content (AvgIpc) is 3.61. The van der Waals surface area contributed by atoms with Gasteiger partial charge in [0.05, 0.1) is 6.42 Å². The summed E-state index contributed by atoms with van der Waals surface area (Å²) in [7, 11) is 0. The summed E-state index contributed by atoms with van der Waals surface area (Å²) < 4.78 is 0. The first-order valence-corrected chi connectivity index (χ1v) is 16.0. The second-order valence-corrected chi connectivity index (χ2v) is 13.1. The first-order valence-electron chi connectivity index (χ1n) is 15.2. The minimum absolute atomic E-state index is 0.0548. The number of carbonyl (C=O) groups excluding carboxylic acids is 3. The van der Waals surface area contributed by atoms with Crippen LogP contribution in [0.3, 0.4) is 0 Å². The number of H-pyrrole nitrogens is 1. The normalized spacial score (nSPS) is 17.4. The number of piperidine rings is 1. The van der Waals surface area contributed by atoms with Crippen LogP contribution in [0.5, 0.6) is 0 Å². The number of nitrogens with zero attached hydrogens (tertiary/aromatic N) is 1. The molecule has 44 heavy (non-hydrogen) atoms. The van der Waals surface area contributed by atoms with Crippen LogP contribution in [0.4, 0.5) is 0 Å². The molecule has 1 aliphatic carbocycles. The molecule has 9 nitrogen and oxygen atoms in total. The van der Waals surface area contributed by atoms with Gasteiger partial charge in [-0.25, -0.2) is 0 Å². The summed E-state index contributed by atoms with van der Waals surface area (Å²) in [6.45, 7) is 1.23. The summed E-state index contributed by atoms with van der Waals surface area (Å²) >= 11 is 12.2. The summed E-state index contributed by atoms with van der Waals surface area (Å²) in [5.74, 6) is -2.16. The summed E-state index contributed by atoms with van der Waals surface area (Å²) in [5.41, 5.74) is 2.36. The number of carbonyl (C=O) groups is 4. The number of amides is 3. The Morgan fingerprint density at radius 1 is 0.955 bits per heavy atom. The molecule has 3 amide bonds. The minimum atomic E-state index is -1.03. The zero-order valence-electron chi connectivity index (χ0n) is 24.5. The second-order valence-electron chi connectivity index (χ2n) is 12.2. The number of benzene rings is 2. The third kappa shape index (κ3) is 7.93. The Balaban J connectivity index is 1.26. The van der Waals surface area contributed by atoms with Gasteiger partial charge < -0.3 is 25.6 Å². The number of fused-ring (bicyclic) bond motifs is 1. The quantitative estimate of drug-likeness (QED) is 0.212. The molecule has 4 N–H and O–H groups in total. The van der Waals surface area contributed by atoms with Gasteiger partial charge in [-0.15, -0.1) is 0 Å². The maximum Gasteiger partial charge on any atom is 0.305 e. The number of carboxylic acids is 1. The van der Waals surface area contributed by atoms with Gasteiger partial charge in [0.25, 0.3) is 5.91 Å². The van der Waals surface area contributed by atoms with Crippen LogP contribution in [0.1, 0.15) is 73.7 Å². The van der Waals surface area contributed by atoms with Crippen LogP contribution in [-0.2, 0) is 20.8 Å². The van der Waals surface area contributed by atoms with E-state index >= 15 is 0 Å². The van der Waals surface area contributed by atoms with Crippen molar-refractivity contribution in [2.45, 2.75) is 76.3 Å². The lowest BCUT2D eigenvalue weighted by molar-refractivity contribution is -0.137. The van der Waals surface area contributed by atoms with E-state index in [1.807, 2.05) is 30.5 Å². The molecule has 1 aromatic heterocycles. The SMILES string of the molecule is O=C(O)CC(Cc1c[nH]c2ccccc12)NC(=O)CC[C@@H](NC(=O)c1cc(Cl)cc(Cl)c1)C(=O)N1CCC2(CCCC2)CC1. The van der Waals surface area contributed by atoms with E-state index in [1.54, 1.807) is 4.90 Å². The van der Waals surface area contributed by atoms with E-state index < -0.39 is 29.9 Å². The van der Waals surface area contributed by atoms with Crippen LogP contribution in [0.2, 0.25) is 10.0 Å². The predicted molar refractivity (Wildman–Crippen MR) is 170 cm³/mol. The van der Waals surface area contributed by atoms with Gasteiger partial charge in [-0.1, -0.05) is 54.2 Å². The molecule has 1 unspecified atom stereocenters. The molecule has 2 fully saturated rings. The smallest absolute Gasteiger partial charge is 0.305 e. The molecule has 1 saturated carbocycles. The van der Waals surface area contributed by atoms with Crippen LogP contribution >= 0.6 is 23.2 Å². The molecule has 0 bridgehead atoms. The predicted octanol–water partition coefficient (Wildman–Crippen LogP) is 5.74. The van der Waals surface area contributed by atoms with Gasteiger partial charge in [0.2, 0.25) is 11.8 Å². The van der Waals surface area contributed by atoms with E-state index in [9.17, 15) is 24.3 Å². The zero-order valence-corrected chi connectivity index (χ0v) is 26.1. The highest BCUT2D eigenvalue weighted by Crippen LogP contribution is 2.46. The number of aromatic nitrogens is 1. The average molecular weight is 642 g/mol. The van der Waals surface area contributed by atoms with Crippen LogP contribution in [-0.4, -0.2) is 63.9 Å². The highest BCUT2D eigenvalue weighted by Gasteiger charge is 2.39. The van der Waals surface area contributed by atoms with Crippen molar-refractivity contribution in [3.8, 4) is 0 Å². The molecular weight excluding hydrogens is 603 g/mol. The first-order chi connectivity index (χ1) is 21.1. The fraction of sp³-hybridized carbons (Fsp3) is 0.455.